The summed E-state index contributed by atoms with van der Waals surface area (Å²) >= 11 is 0. The number of anilines is 2. The minimum absolute atomic E-state index is 0.0486. The number of hydrogen-bond donors (Lipinski definition) is 3. The number of aliphatic hydroxyl groups is 1. The SMILES string of the molecule is CN(C)c1cc(N2CC(C)(CO)C2)ccc1/C(N)=C/NCC1OCC(F)(F)CO1. The Balaban J connectivity index is 1.63. The zero-order valence-electron chi connectivity index (χ0n) is 17.1. The molecule has 4 N–H and O–H groups in total. The number of rotatable bonds is 7. The summed E-state index contributed by atoms with van der Waals surface area (Å²) in [5, 5.41) is 12.4. The summed E-state index contributed by atoms with van der Waals surface area (Å²) in [5.41, 5.74) is 9.62. The summed E-state index contributed by atoms with van der Waals surface area (Å²) in [6.45, 7) is 2.80. The van der Waals surface area contributed by atoms with Crippen molar-refractivity contribution < 1.29 is 23.4 Å². The van der Waals surface area contributed by atoms with Crippen LogP contribution in [0, 0.1) is 5.41 Å². The Morgan fingerprint density at radius 2 is 2.00 bits per heavy atom. The van der Waals surface area contributed by atoms with Gasteiger partial charge in [-0.2, -0.15) is 0 Å². The Kier molecular flexibility index (Phi) is 6.21. The lowest BCUT2D eigenvalue weighted by Crippen LogP contribution is -2.56. The molecule has 1 aromatic carbocycles. The highest BCUT2D eigenvalue weighted by Gasteiger charge is 2.38. The number of nitrogens with zero attached hydrogens (tertiary/aromatic N) is 2. The van der Waals surface area contributed by atoms with E-state index in [1.54, 1.807) is 6.20 Å². The largest absolute Gasteiger partial charge is 0.397 e. The van der Waals surface area contributed by atoms with Crippen LogP contribution in [0.2, 0.25) is 0 Å². The maximum atomic E-state index is 13.0. The van der Waals surface area contributed by atoms with E-state index in [0.717, 1.165) is 30.0 Å². The molecule has 2 saturated heterocycles. The van der Waals surface area contributed by atoms with Crippen LogP contribution in [0.1, 0.15) is 12.5 Å². The highest BCUT2D eigenvalue weighted by atomic mass is 19.3. The van der Waals surface area contributed by atoms with Gasteiger partial charge in [0.05, 0.1) is 18.8 Å². The molecule has 2 aliphatic heterocycles. The number of aliphatic hydroxyl groups excluding tert-OH is 1. The second kappa shape index (κ2) is 8.33. The van der Waals surface area contributed by atoms with E-state index in [0.29, 0.717) is 5.70 Å². The van der Waals surface area contributed by atoms with Crippen molar-refractivity contribution in [1.82, 2.24) is 5.32 Å². The lowest BCUT2D eigenvalue weighted by Gasteiger charge is -2.48. The van der Waals surface area contributed by atoms with Gasteiger partial charge in [-0.25, -0.2) is 8.78 Å². The van der Waals surface area contributed by atoms with Gasteiger partial charge < -0.3 is 35.4 Å². The van der Waals surface area contributed by atoms with Crippen molar-refractivity contribution >= 4 is 17.1 Å². The minimum atomic E-state index is -2.93. The van der Waals surface area contributed by atoms with Crippen molar-refractivity contribution in [3.8, 4) is 0 Å². The average molecular weight is 412 g/mol. The van der Waals surface area contributed by atoms with E-state index in [2.05, 4.69) is 23.2 Å². The number of halogens is 2. The quantitative estimate of drug-likeness (QED) is 0.625. The third-order valence-corrected chi connectivity index (χ3v) is 5.17. The first kappa shape index (κ1) is 21.6. The standard InChI is InChI=1S/C20H30F2N4O3/c1-19(11-27)9-26(10-19)14-4-5-15(17(6-14)25(2)3)16(23)7-24-8-18-28-12-20(21,22)13-29-18/h4-7,18,24,27H,8-13,23H2,1-3H3/b16-7-. The lowest BCUT2D eigenvalue weighted by molar-refractivity contribution is -0.264. The van der Waals surface area contributed by atoms with E-state index in [-0.39, 0.29) is 18.6 Å². The molecule has 0 unspecified atom stereocenters. The van der Waals surface area contributed by atoms with Gasteiger partial charge in [-0.05, 0) is 18.2 Å². The van der Waals surface area contributed by atoms with E-state index in [1.165, 1.54) is 0 Å². The summed E-state index contributed by atoms with van der Waals surface area (Å²) in [6.07, 6.45) is 0.898. The molecule has 2 heterocycles. The van der Waals surface area contributed by atoms with Gasteiger partial charge in [0.2, 0.25) is 0 Å². The molecular weight excluding hydrogens is 382 g/mol. The molecule has 0 amide bonds. The van der Waals surface area contributed by atoms with Gasteiger partial charge >= 0.3 is 0 Å². The molecular formula is C20H30F2N4O3. The zero-order valence-corrected chi connectivity index (χ0v) is 17.1. The maximum absolute atomic E-state index is 13.0. The third-order valence-electron chi connectivity index (χ3n) is 5.17. The molecule has 2 fully saturated rings. The fourth-order valence-electron chi connectivity index (χ4n) is 3.47. The minimum Gasteiger partial charge on any atom is -0.397 e. The van der Waals surface area contributed by atoms with Gasteiger partial charge in [0.15, 0.2) is 6.29 Å². The van der Waals surface area contributed by atoms with Crippen LogP contribution in [0.15, 0.2) is 24.4 Å². The topological polar surface area (TPSA) is 83.2 Å². The smallest absolute Gasteiger partial charge is 0.293 e. The maximum Gasteiger partial charge on any atom is 0.293 e. The predicted molar refractivity (Wildman–Crippen MR) is 109 cm³/mol. The second-order valence-electron chi connectivity index (χ2n) is 8.34. The molecule has 9 heteroatoms. The van der Waals surface area contributed by atoms with E-state index < -0.39 is 25.4 Å². The Hall–Kier alpha value is -2.10. The molecule has 1 aromatic rings. The fourth-order valence-corrected chi connectivity index (χ4v) is 3.47. The van der Waals surface area contributed by atoms with Crippen molar-refractivity contribution in [3.63, 3.8) is 0 Å². The van der Waals surface area contributed by atoms with Gasteiger partial charge in [0, 0.05) is 55.7 Å². The Labute approximate surface area is 170 Å². The van der Waals surface area contributed by atoms with E-state index in [9.17, 15) is 13.9 Å². The first-order valence-electron chi connectivity index (χ1n) is 9.60. The van der Waals surface area contributed by atoms with Crippen molar-refractivity contribution in [2.45, 2.75) is 19.1 Å². The fraction of sp³-hybridized carbons (Fsp3) is 0.600. The Morgan fingerprint density at radius 1 is 1.34 bits per heavy atom. The third kappa shape index (κ3) is 5.09. The van der Waals surface area contributed by atoms with Gasteiger partial charge in [-0.15, -0.1) is 0 Å². The summed E-state index contributed by atoms with van der Waals surface area (Å²) < 4.78 is 36.0. The number of benzene rings is 1. The van der Waals surface area contributed by atoms with Crippen molar-refractivity contribution in [1.29, 1.82) is 0 Å². The van der Waals surface area contributed by atoms with Crippen LogP contribution in [0.5, 0.6) is 0 Å². The average Bonchev–Trinajstić information content (AvgIpc) is 2.66. The Morgan fingerprint density at radius 3 is 2.59 bits per heavy atom. The monoisotopic (exact) mass is 412 g/mol. The lowest BCUT2D eigenvalue weighted by atomic mass is 9.82. The Bertz CT molecular complexity index is 741. The number of nitrogens with two attached hydrogens (primary N) is 1. The van der Waals surface area contributed by atoms with Gasteiger partial charge in [0.1, 0.15) is 13.2 Å². The molecule has 2 aliphatic rings. The molecule has 0 bridgehead atoms. The molecule has 0 atom stereocenters. The molecule has 7 nitrogen and oxygen atoms in total. The number of ether oxygens (including phenoxy) is 2. The molecule has 0 aromatic heterocycles. The number of alkyl halides is 2. The summed E-state index contributed by atoms with van der Waals surface area (Å²) in [6, 6.07) is 6.04. The van der Waals surface area contributed by atoms with Gasteiger partial charge in [0.25, 0.3) is 5.92 Å². The zero-order chi connectivity index (χ0) is 21.2. The van der Waals surface area contributed by atoms with Crippen LogP contribution >= 0.6 is 0 Å². The highest BCUT2D eigenvalue weighted by Crippen LogP contribution is 2.36. The molecule has 0 radical (unpaired) electrons. The number of hydrogen-bond acceptors (Lipinski definition) is 7. The summed E-state index contributed by atoms with van der Waals surface area (Å²) in [7, 11) is 3.89. The molecule has 162 valence electrons. The molecule has 29 heavy (non-hydrogen) atoms. The van der Waals surface area contributed by atoms with Crippen LogP contribution < -0.4 is 20.9 Å². The van der Waals surface area contributed by atoms with E-state index >= 15 is 0 Å². The second-order valence-corrected chi connectivity index (χ2v) is 8.34. The normalized spacial score (nSPS) is 21.6. The van der Waals surface area contributed by atoms with Crippen LogP contribution in [0.25, 0.3) is 5.70 Å². The summed E-state index contributed by atoms with van der Waals surface area (Å²) in [5.74, 6) is -2.93. The van der Waals surface area contributed by atoms with Crippen LogP contribution in [0.3, 0.4) is 0 Å². The van der Waals surface area contributed by atoms with Crippen molar-refractivity contribution in [2.24, 2.45) is 11.1 Å². The van der Waals surface area contributed by atoms with Gasteiger partial charge in [-0.1, -0.05) is 6.92 Å². The van der Waals surface area contributed by atoms with E-state index in [1.807, 2.05) is 31.1 Å². The van der Waals surface area contributed by atoms with Crippen LogP contribution in [-0.2, 0) is 9.47 Å². The van der Waals surface area contributed by atoms with Crippen LogP contribution in [0.4, 0.5) is 20.2 Å². The van der Waals surface area contributed by atoms with Crippen molar-refractivity contribution in [2.75, 3.05) is 63.4 Å². The molecule has 3 rings (SSSR count). The first-order chi connectivity index (χ1) is 13.6. The predicted octanol–water partition coefficient (Wildman–Crippen LogP) is 1.43. The van der Waals surface area contributed by atoms with Gasteiger partial charge in [-0.3, -0.25) is 0 Å². The van der Waals surface area contributed by atoms with E-state index in [4.69, 9.17) is 15.2 Å². The molecule has 0 aliphatic carbocycles. The van der Waals surface area contributed by atoms with Crippen molar-refractivity contribution in [3.05, 3.63) is 30.0 Å². The number of nitrogens with one attached hydrogen (secondary N) is 1. The van der Waals surface area contributed by atoms with Crippen LogP contribution in [-0.4, -0.2) is 70.9 Å². The molecule has 0 saturated carbocycles. The summed E-state index contributed by atoms with van der Waals surface area (Å²) in [4.78, 5) is 4.21. The first-order valence-corrected chi connectivity index (χ1v) is 9.60. The molecule has 0 spiro atoms. The highest BCUT2D eigenvalue weighted by molar-refractivity contribution is 5.78.